The molecule has 4 nitrogen and oxygen atoms in total. The summed E-state index contributed by atoms with van der Waals surface area (Å²) in [6.07, 6.45) is 4.98. The minimum Gasteiger partial charge on any atom is -0.303 e. The van der Waals surface area contributed by atoms with E-state index in [0.29, 0.717) is 6.54 Å². The fourth-order valence-corrected chi connectivity index (χ4v) is 2.17. The third-order valence-electron chi connectivity index (χ3n) is 3.27. The van der Waals surface area contributed by atoms with Gasteiger partial charge in [-0.05, 0) is 24.1 Å². The molecule has 0 spiro atoms. The van der Waals surface area contributed by atoms with E-state index in [4.69, 9.17) is 0 Å². The largest absolute Gasteiger partial charge is 0.303 e. The number of nitrogens with zero attached hydrogens (tertiary/aromatic N) is 3. The molecule has 5 heteroatoms. The lowest BCUT2D eigenvalue weighted by atomic mass is 10.0. The number of unbranched alkanes of at least 4 members (excludes halogenated alkanes) is 1. The number of aromatic nitrogens is 3. The molecule has 108 valence electrons. The van der Waals surface area contributed by atoms with Crippen LogP contribution in [-0.2, 0) is 13.6 Å². The van der Waals surface area contributed by atoms with Crippen LogP contribution in [0.2, 0.25) is 0 Å². The van der Waals surface area contributed by atoms with Crippen LogP contribution in [0.1, 0.15) is 43.6 Å². The van der Waals surface area contributed by atoms with Gasteiger partial charge in [-0.2, -0.15) is 5.10 Å². The summed E-state index contributed by atoms with van der Waals surface area (Å²) in [5.41, 5.74) is 1.11. The van der Waals surface area contributed by atoms with Gasteiger partial charge in [-0.15, -0.1) is 0 Å². The average Bonchev–Trinajstić information content (AvgIpc) is 2.86. The molecule has 0 aliphatic rings. The quantitative estimate of drug-likeness (QED) is 0.845. The highest BCUT2D eigenvalue weighted by Gasteiger charge is 2.11. The van der Waals surface area contributed by atoms with E-state index in [-0.39, 0.29) is 11.9 Å². The minimum atomic E-state index is -0.200. The zero-order chi connectivity index (χ0) is 14.4. The number of benzene rings is 1. The summed E-state index contributed by atoms with van der Waals surface area (Å²) in [6, 6.07) is 6.91. The van der Waals surface area contributed by atoms with Crippen LogP contribution >= 0.6 is 0 Å². The van der Waals surface area contributed by atoms with Crippen LogP contribution < -0.4 is 5.32 Å². The second kappa shape index (κ2) is 7.14. The zero-order valence-electron chi connectivity index (χ0n) is 12.0. The summed E-state index contributed by atoms with van der Waals surface area (Å²) >= 11 is 0. The molecule has 0 radical (unpaired) electrons. The van der Waals surface area contributed by atoms with E-state index in [1.807, 2.05) is 19.2 Å². The first-order chi connectivity index (χ1) is 9.69. The summed E-state index contributed by atoms with van der Waals surface area (Å²) in [6.45, 7) is 2.79. The molecule has 20 heavy (non-hydrogen) atoms. The van der Waals surface area contributed by atoms with Gasteiger partial charge in [0.15, 0.2) is 5.82 Å². The van der Waals surface area contributed by atoms with Gasteiger partial charge in [0, 0.05) is 13.1 Å². The van der Waals surface area contributed by atoms with Crippen LogP contribution in [0.3, 0.4) is 0 Å². The number of hydrogen-bond acceptors (Lipinski definition) is 3. The topological polar surface area (TPSA) is 42.7 Å². The highest BCUT2D eigenvalue weighted by molar-refractivity contribution is 5.19. The minimum absolute atomic E-state index is 0.200. The summed E-state index contributed by atoms with van der Waals surface area (Å²) in [7, 11) is 1.85. The second-order valence-electron chi connectivity index (χ2n) is 4.96. The Morgan fingerprint density at radius 1 is 1.30 bits per heavy atom. The van der Waals surface area contributed by atoms with Crippen molar-refractivity contribution >= 4 is 0 Å². The van der Waals surface area contributed by atoms with E-state index >= 15 is 0 Å². The van der Waals surface area contributed by atoms with Crippen molar-refractivity contribution in [3.8, 4) is 0 Å². The van der Waals surface area contributed by atoms with Crippen LogP contribution in [0.25, 0.3) is 0 Å². The normalized spacial score (nSPS) is 12.6. The molecule has 0 saturated carbocycles. The monoisotopic (exact) mass is 276 g/mol. The Morgan fingerprint density at radius 3 is 2.65 bits per heavy atom. The molecule has 0 aliphatic heterocycles. The Hall–Kier alpha value is -1.75. The third-order valence-corrected chi connectivity index (χ3v) is 3.27. The number of rotatable bonds is 7. The van der Waals surface area contributed by atoms with E-state index in [1.165, 1.54) is 12.1 Å². The summed E-state index contributed by atoms with van der Waals surface area (Å²) in [5.74, 6) is 0.575. The number of nitrogens with one attached hydrogen (secondary N) is 1. The molecular weight excluding hydrogens is 255 g/mol. The average molecular weight is 276 g/mol. The lowest BCUT2D eigenvalue weighted by Gasteiger charge is -2.18. The van der Waals surface area contributed by atoms with Crippen molar-refractivity contribution in [3.05, 3.63) is 47.8 Å². The predicted molar refractivity (Wildman–Crippen MR) is 76.5 cm³/mol. The van der Waals surface area contributed by atoms with Crippen molar-refractivity contribution in [3.63, 3.8) is 0 Å². The van der Waals surface area contributed by atoms with Gasteiger partial charge in [0.25, 0.3) is 0 Å². The van der Waals surface area contributed by atoms with Crippen LogP contribution in [0.5, 0.6) is 0 Å². The van der Waals surface area contributed by atoms with E-state index < -0.39 is 0 Å². The third kappa shape index (κ3) is 4.13. The first-order valence-corrected chi connectivity index (χ1v) is 7.02. The smallest absolute Gasteiger partial charge is 0.164 e. The van der Waals surface area contributed by atoms with Crippen LogP contribution in [0, 0.1) is 5.82 Å². The van der Waals surface area contributed by atoms with Crippen molar-refractivity contribution in [1.29, 1.82) is 0 Å². The molecule has 0 fully saturated rings. The molecule has 1 N–H and O–H groups in total. The number of halogens is 1. The van der Waals surface area contributed by atoms with Crippen molar-refractivity contribution in [2.75, 3.05) is 0 Å². The Bertz CT molecular complexity index is 521. The van der Waals surface area contributed by atoms with Crippen LogP contribution in [0.4, 0.5) is 4.39 Å². The standard InChI is InChI=1S/C15H21FN4/c1-3-4-5-14(12-6-8-13(16)9-7-12)17-10-15-18-11-20(2)19-15/h6-9,11,14,17H,3-5,10H2,1-2H3. The molecule has 1 atom stereocenters. The summed E-state index contributed by atoms with van der Waals surface area (Å²) < 4.78 is 14.7. The molecule has 1 aromatic carbocycles. The SMILES string of the molecule is CCCCC(NCc1ncn(C)n1)c1ccc(F)cc1. The molecule has 0 bridgehead atoms. The number of hydrogen-bond donors (Lipinski definition) is 1. The molecule has 1 unspecified atom stereocenters. The van der Waals surface area contributed by atoms with Crippen molar-refractivity contribution in [1.82, 2.24) is 20.1 Å². The second-order valence-corrected chi connectivity index (χ2v) is 4.96. The highest BCUT2D eigenvalue weighted by Crippen LogP contribution is 2.20. The fourth-order valence-electron chi connectivity index (χ4n) is 2.17. The maximum Gasteiger partial charge on any atom is 0.164 e. The van der Waals surface area contributed by atoms with Crippen LogP contribution in [0.15, 0.2) is 30.6 Å². The zero-order valence-corrected chi connectivity index (χ0v) is 12.0. The van der Waals surface area contributed by atoms with Gasteiger partial charge in [-0.3, -0.25) is 4.68 Å². The molecule has 2 rings (SSSR count). The van der Waals surface area contributed by atoms with Gasteiger partial charge in [-0.25, -0.2) is 9.37 Å². The Kier molecular flexibility index (Phi) is 5.24. The maximum atomic E-state index is 13.0. The molecular formula is C15H21FN4. The van der Waals surface area contributed by atoms with E-state index in [0.717, 1.165) is 30.7 Å². The Morgan fingerprint density at radius 2 is 2.05 bits per heavy atom. The van der Waals surface area contributed by atoms with Gasteiger partial charge < -0.3 is 5.32 Å². The maximum absolute atomic E-state index is 13.0. The molecule has 0 amide bonds. The van der Waals surface area contributed by atoms with Crippen LogP contribution in [-0.4, -0.2) is 14.8 Å². The van der Waals surface area contributed by atoms with Crippen molar-refractivity contribution in [2.45, 2.75) is 38.8 Å². The van der Waals surface area contributed by atoms with E-state index in [2.05, 4.69) is 22.3 Å². The molecule has 0 saturated heterocycles. The molecule has 2 aromatic rings. The van der Waals surface area contributed by atoms with Gasteiger partial charge in [0.05, 0.1) is 6.54 Å². The number of aryl methyl sites for hydroxylation is 1. The molecule has 1 aromatic heterocycles. The Balaban J connectivity index is 2.01. The van der Waals surface area contributed by atoms with Gasteiger partial charge in [0.1, 0.15) is 12.1 Å². The van der Waals surface area contributed by atoms with Gasteiger partial charge in [0.2, 0.25) is 0 Å². The fraction of sp³-hybridized carbons (Fsp3) is 0.467. The predicted octanol–water partition coefficient (Wildman–Crippen LogP) is 2.98. The van der Waals surface area contributed by atoms with Gasteiger partial charge in [-0.1, -0.05) is 31.9 Å². The van der Waals surface area contributed by atoms with E-state index in [9.17, 15) is 4.39 Å². The lowest BCUT2D eigenvalue weighted by molar-refractivity contribution is 0.471. The Labute approximate surface area is 119 Å². The highest BCUT2D eigenvalue weighted by atomic mass is 19.1. The molecule has 1 heterocycles. The first kappa shape index (κ1) is 14.7. The van der Waals surface area contributed by atoms with Crippen molar-refractivity contribution < 1.29 is 4.39 Å². The molecule has 0 aliphatic carbocycles. The summed E-state index contributed by atoms with van der Waals surface area (Å²) in [5, 5.41) is 7.71. The van der Waals surface area contributed by atoms with E-state index in [1.54, 1.807) is 11.0 Å². The van der Waals surface area contributed by atoms with Gasteiger partial charge >= 0.3 is 0 Å². The van der Waals surface area contributed by atoms with Crippen molar-refractivity contribution in [2.24, 2.45) is 7.05 Å². The lowest BCUT2D eigenvalue weighted by Crippen LogP contribution is -2.21. The summed E-state index contributed by atoms with van der Waals surface area (Å²) in [4.78, 5) is 4.21. The first-order valence-electron chi connectivity index (χ1n) is 7.02.